The normalized spacial score (nSPS) is 19.5. The van der Waals surface area contributed by atoms with Crippen molar-refractivity contribution in [3.05, 3.63) is 94.5 Å². The number of aliphatic hydroxyl groups is 1. The second-order valence-corrected chi connectivity index (χ2v) is 10.0. The van der Waals surface area contributed by atoms with E-state index in [9.17, 15) is 5.11 Å². The number of aliphatic hydroxyl groups excluding tert-OH is 1. The molecule has 0 saturated heterocycles. The van der Waals surface area contributed by atoms with Gasteiger partial charge in [0.1, 0.15) is 5.52 Å². The lowest BCUT2D eigenvalue weighted by molar-refractivity contribution is 0.157. The minimum atomic E-state index is -0.196. The molecule has 1 aliphatic rings. The van der Waals surface area contributed by atoms with E-state index >= 15 is 0 Å². The maximum absolute atomic E-state index is 10.1. The van der Waals surface area contributed by atoms with Gasteiger partial charge in [0.15, 0.2) is 0 Å². The predicted octanol–water partition coefficient (Wildman–Crippen LogP) is 4.73. The SMILES string of the molecule is C/C1=C(c2c(C)cccc2C)/N=C(\N)NSc2cccc(c2)C1N(CCO)Cc1cnc2occc2n1. The molecule has 4 N–H and O–H groups in total. The van der Waals surface area contributed by atoms with Gasteiger partial charge >= 0.3 is 0 Å². The molecular formula is C28H30N6O2S. The lowest BCUT2D eigenvalue weighted by atomic mass is 9.91. The summed E-state index contributed by atoms with van der Waals surface area (Å²) < 4.78 is 8.54. The predicted molar refractivity (Wildman–Crippen MR) is 148 cm³/mol. The number of aliphatic imine (C=N–C) groups is 1. The van der Waals surface area contributed by atoms with Crippen LogP contribution in [0, 0.1) is 13.8 Å². The van der Waals surface area contributed by atoms with Crippen LogP contribution in [0.1, 0.15) is 40.9 Å². The zero-order valence-corrected chi connectivity index (χ0v) is 21.9. The molecule has 190 valence electrons. The summed E-state index contributed by atoms with van der Waals surface area (Å²) >= 11 is 1.43. The van der Waals surface area contributed by atoms with E-state index < -0.39 is 0 Å². The average Bonchev–Trinajstić information content (AvgIpc) is 3.35. The van der Waals surface area contributed by atoms with Gasteiger partial charge in [-0.1, -0.05) is 30.3 Å². The fourth-order valence-electron chi connectivity index (χ4n) is 4.90. The van der Waals surface area contributed by atoms with Crippen molar-refractivity contribution in [1.29, 1.82) is 0 Å². The van der Waals surface area contributed by atoms with Crippen molar-refractivity contribution >= 4 is 34.8 Å². The van der Waals surface area contributed by atoms with E-state index in [1.165, 1.54) is 11.9 Å². The minimum Gasteiger partial charge on any atom is -0.445 e. The van der Waals surface area contributed by atoms with Gasteiger partial charge in [-0.05, 0) is 67.1 Å². The highest BCUT2D eigenvalue weighted by molar-refractivity contribution is 7.98. The van der Waals surface area contributed by atoms with E-state index in [0.717, 1.165) is 44.1 Å². The first-order chi connectivity index (χ1) is 17.9. The minimum absolute atomic E-state index is 0.00864. The molecule has 3 heterocycles. The van der Waals surface area contributed by atoms with Gasteiger partial charge in [0.05, 0.1) is 36.5 Å². The number of aromatic nitrogens is 2. The van der Waals surface area contributed by atoms with Gasteiger partial charge in [0.2, 0.25) is 11.7 Å². The van der Waals surface area contributed by atoms with Gasteiger partial charge in [-0.25, -0.2) is 15.0 Å². The molecule has 1 unspecified atom stereocenters. The van der Waals surface area contributed by atoms with Crippen LogP contribution in [0.5, 0.6) is 0 Å². The zero-order valence-electron chi connectivity index (χ0n) is 21.1. The first-order valence-corrected chi connectivity index (χ1v) is 12.9. The summed E-state index contributed by atoms with van der Waals surface area (Å²) in [5, 5.41) is 10.1. The fraction of sp³-hybridized carbons (Fsp3) is 0.250. The lowest BCUT2D eigenvalue weighted by Gasteiger charge is -2.34. The third-order valence-electron chi connectivity index (χ3n) is 6.52. The molecule has 0 spiro atoms. The highest BCUT2D eigenvalue weighted by Gasteiger charge is 2.27. The highest BCUT2D eigenvalue weighted by atomic mass is 32.2. The number of nitrogens with two attached hydrogens (primary N) is 1. The maximum atomic E-state index is 10.1. The summed E-state index contributed by atoms with van der Waals surface area (Å²) in [6.45, 7) is 7.18. The Labute approximate surface area is 220 Å². The standard InChI is InChI=1S/C28H30N6O2S/c1-17-6-4-7-18(2)24(17)25-19(3)26(20-8-5-9-22(14-20)37-33-28(29)32-25)34(11-12-35)16-21-15-30-27-23(31-21)10-13-36-27/h4-10,13-15,26,35H,11-12,16H2,1-3H3,(H3,29,32,33)/b25-19-. The second kappa shape index (κ2) is 10.8. The Balaban J connectivity index is 1.70. The number of rotatable bonds is 6. The van der Waals surface area contributed by atoms with E-state index in [-0.39, 0.29) is 12.6 Å². The number of hydrogen-bond donors (Lipinski definition) is 3. The number of hydrogen-bond acceptors (Lipinski definition) is 9. The summed E-state index contributed by atoms with van der Waals surface area (Å²) in [5.41, 5.74) is 14.6. The molecule has 1 aliphatic heterocycles. The molecule has 1 atom stereocenters. The van der Waals surface area contributed by atoms with Crippen molar-refractivity contribution in [2.45, 2.75) is 38.3 Å². The van der Waals surface area contributed by atoms with Crippen LogP contribution in [0.2, 0.25) is 0 Å². The first-order valence-electron chi connectivity index (χ1n) is 12.1. The molecule has 2 bridgehead atoms. The topological polar surface area (TPSA) is 113 Å². The molecular weight excluding hydrogens is 484 g/mol. The maximum Gasteiger partial charge on any atom is 0.245 e. The third-order valence-corrected chi connectivity index (χ3v) is 7.32. The van der Waals surface area contributed by atoms with Crippen LogP contribution in [0.25, 0.3) is 16.9 Å². The zero-order chi connectivity index (χ0) is 25.9. The molecule has 9 heteroatoms. The summed E-state index contributed by atoms with van der Waals surface area (Å²) in [6.07, 6.45) is 3.32. The second-order valence-electron chi connectivity index (χ2n) is 9.14. The van der Waals surface area contributed by atoms with Crippen molar-refractivity contribution in [1.82, 2.24) is 19.6 Å². The number of guanidine groups is 1. The Kier molecular flexibility index (Phi) is 7.27. The van der Waals surface area contributed by atoms with Gasteiger partial charge in [-0.3, -0.25) is 9.62 Å². The molecule has 2 aromatic carbocycles. The molecule has 8 nitrogen and oxygen atoms in total. The van der Waals surface area contributed by atoms with Gasteiger partial charge in [-0.2, -0.15) is 0 Å². The number of fused-ring (bicyclic) bond motifs is 3. The van der Waals surface area contributed by atoms with Crippen molar-refractivity contribution in [2.24, 2.45) is 10.7 Å². The Bertz CT molecular complexity index is 1470. The van der Waals surface area contributed by atoms with Crippen LogP contribution >= 0.6 is 11.9 Å². The molecule has 5 rings (SSSR count). The van der Waals surface area contributed by atoms with Crippen LogP contribution in [-0.4, -0.2) is 39.1 Å². The third kappa shape index (κ3) is 5.24. The van der Waals surface area contributed by atoms with Gasteiger partial charge in [-0.15, -0.1) is 0 Å². The number of furan rings is 1. The van der Waals surface area contributed by atoms with Crippen LogP contribution in [0.15, 0.2) is 80.9 Å². The van der Waals surface area contributed by atoms with Crippen molar-refractivity contribution in [2.75, 3.05) is 13.2 Å². The number of aryl methyl sites for hydroxylation is 2. The molecule has 0 saturated carbocycles. The summed E-state index contributed by atoms with van der Waals surface area (Å²) in [7, 11) is 0. The number of nitrogens with one attached hydrogen (secondary N) is 1. The molecule has 0 amide bonds. The molecule has 4 aromatic rings. The van der Waals surface area contributed by atoms with E-state index in [2.05, 4.69) is 65.7 Å². The molecule has 0 radical (unpaired) electrons. The van der Waals surface area contributed by atoms with Crippen molar-refractivity contribution in [3.63, 3.8) is 0 Å². The van der Waals surface area contributed by atoms with E-state index in [1.807, 2.05) is 12.1 Å². The Morgan fingerprint density at radius 1 is 1.11 bits per heavy atom. The van der Waals surface area contributed by atoms with E-state index in [4.69, 9.17) is 20.1 Å². The molecule has 2 aromatic heterocycles. The van der Waals surface area contributed by atoms with Crippen molar-refractivity contribution in [3.8, 4) is 0 Å². The summed E-state index contributed by atoms with van der Waals surface area (Å²) in [5.74, 6) is 0.332. The number of nitrogens with zero attached hydrogens (tertiary/aromatic N) is 4. The van der Waals surface area contributed by atoms with Gasteiger partial charge in [0.25, 0.3) is 0 Å². The monoisotopic (exact) mass is 514 g/mol. The molecule has 37 heavy (non-hydrogen) atoms. The van der Waals surface area contributed by atoms with Crippen LogP contribution in [-0.2, 0) is 6.54 Å². The van der Waals surface area contributed by atoms with Gasteiger partial charge in [0, 0.05) is 29.6 Å². The van der Waals surface area contributed by atoms with Gasteiger partial charge < -0.3 is 15.3 Å². The quantitative estimate of drug-likeness (QED) is 0.317. The molecule has 0 aliphatic carbocycles. The highest BCUT2D eigenvalue weighted by Crippen LogP contribution is 2.38. The number of benzene rings is 2. The average molecular weight is 515 g/mol. The van der Waals surface area contributed by atoms with Crippen molar-refractivity contribution < 1.29 is 9.52 Å². The lowest BCUT2D eigenvalue weighted by Crippen LogP contribution is -2.33. The Morgan fingerprint density at radius 2 is 1.89 bits per heavy atom. The smallest absolute Gasteiger partial charge is 0.245 e. The first kappa shape index (κ1) is 25.0. The summed E-state index contributed by atoms with van der Waals surface area (Å²) in [6, 6.07) is 16.2. The van der Waals surface area contributed by atoms with Crippen LogP contribution in [0.4, 0.5) is 0 Å². The Hall–Kier alpha value is -3.66. The summed E-state index contributed by atoms with van der Waals surface area (Å²) in [4.78, 5) is 17.3. The van der Waals surface area contributed by atoms with E-state index in [0.29, 0.717) is 30.3 Å². The van der Waals surface area contributed by atoms with E-state index in [1.54, 1.807) is 18.5 Å². The largest absolute Gasteiger partial charge is 0.445 e. The Morgan fingerprint density at radius 3 is 2.68 bits per heavy atom. The fourth-order valence-corrected chi connectivity index (χ4v) is 5.51. The van der Waals surface area contributed by atoms with Crippen LogP contribution in [0.3, 0.4) is 0 Å². The van der Waals surface area contributed by atoms with Crippen LogP contribution < -0.4 is 10.5 Å². The molecule has 0 fully saturated rings.